The third-order valence-electron chi connectivity index (χ3n) is 2.08. The molecule has 0 aliphatic rings. The normalized spacial score (nSPS) is 10.2. The molecule has 0 unspecified atom stereocenters. The summed E-state index contributed by atoms with van der Waals surface area (Å²) in [5, 5.41) is 12.8. The molecule has 1 aromatic heterocycles. The van der Waals surface area contributed by atoms with Gasteiger partial charge in [-0.3, -0.25) is 0 Å². The molecule has 0 saturated carbocycles. The van der Waals surface area contributed by atoms with Gasteiger partial charge >= 0.3 is 5.97 Å². The fraction of sp³-hybridized carbons (Fsp3) is 0.100. The maximum Gasteiger partial charge on any atom is 0.349 e. The second-order valence-corrected chi connectivity index (χ2v) is 3.82. The minimum absolute atomic E-state index is 0.185. The molecule has 0 atom stereocenters. The maximum absolute atomic E-state index is 10.9. The Morgan fingerprint density at radius 3 is 2.80 bits per heavy atom. The van der Waals surface area contributed by atoms with Crippen LogP contribution < -0.4 is 0 Å². The van der Waals surface area contributed by atoms with Gasteiger partial charge in [-0.05, 0) is 24.0 Å². The van der Waals surface area contributed by atoms with E-state index in [0.29, 0.717) is 5.69 Å². The number of hydrogen-bond donors (Lipinski definition) is 1. The smallest absolute Gasteiger partial charge is 0.349 e. The van der Waals surface area contributed by atoms with Gasteiger partial charge < -0.3 is 5.11 Å². The van der Waals surface area contributed by atoms with E-state index in [4.69, 9.17) is 5.11 Å². The number of carboxylic acid groups (broad SMARTS) is 1. The number of carbonyl (C=O) groups is 1. The van der Waals surface area contributed by atoms with Crippen LogP contribution in [-0.2, 0) is 0 Å². The summed E-state index contributed by atoms with van der Waals surface area (Å²) in [4.78, 5) is 11.1. The Balaban J connectivity index is 2.59. The van der Waals surface area contributed by atoms with E-state index in [1.165, 1.54) is 0 Å². The van der Waals surface area contributed by atoms with E-state index < -0.39 is 5.97 Å². The van der Waals surface area contributed by atoms with Crippen LogP contribution in [0.2, 0.25) is 0 Å². The molecular formula is C10H8N2O2S. The van der Waals surface area contributed by atoms with Gasteiger partial charge in [0.05, 0.1) is 0 Å². The standard InChI is InChI=1S/C10H8N2O2S/c1-6-4-2-3-5-7(6)8-9(10(13)14)15-12-11-8/h2-5H,1H3,(H,13,14). The largest absolute Gasteiger partial charge is 0.477 e. The molecule has 2 rings (SSSR count). The highest BCUT2D eigenvalue weighted by Crippen LogP contribution is 2.26. The van der Waals surface area contributed by atoms with Gasteiger partial charge in [-0.15, -0.1) is 5.10 Å². The Hall–Kier alpha value is -1.75. The molecule has 0 bridgehead atoms. The van der Waals surface area contributed by atoms with Crippen LogP contribution >= 0.6 is 11.5 Å². The van der Waals surface area contributed by atoms with E-state index >= 15 is 0 Å². The SMILES string of the molecule is Cc1ccccc1-c1nnsc1C(=O)O. The molecular weight excluding hydrogens is 212 g/mol. The average molecular weight is 220 g/mol. The topological polar surface area (TPSA) is 63.1 Å². The second kappa shape index (κ2) is 3.78. The highest BCUT2D eigenvalue weighted by atomic mass is 32.1. The summed E-state index contributed by atoms with van der Waals surface area (Å²) in [6.45, 7) is 1.92. The summed E-state index contributed by atoms with van der Waals surface area (Å²) in [6, 6.07) is 7.52. The van der Waals surface area contributed by atoms with Crippen molar-refractivity contribution in [2.75, 3.05) is 0 Å². The van der Waals surface area contributed by atoms with E-state index in [1.54, 1.807) is 0 Å². The van der Waals surface area contributed by atoms with Crippen LogP contribution in [0, 0.1) is 6.92 Å². The zero-order chi connectivity index (χ0) is 10.8. The quantitative estimate of drug-likeness (QED) is 0.842. The summed E-state index contributed by atoms with van der Waals surface area (Å²) >= 11 is 0.901. The lowest BCUT2D eigenvalue weighted by atomic mass is 10.1. The lowest BCUT2D eigenvalue weighted by Gasteiger charge is -2.01. The number of carboxylic acids is 1. The Morgan fingerprint density at radius 2 is 2.13 bits per heavy atom. The molecule has 15 heavy (non-hydrogen) atoms. The van der Waals surface area contributed by atoms with E-state index in [2.05, 4.69) is 9.59 Å². The third-order valence-corrected chi connectivity index (χ3v) is 2.80. The number of hydrogen-bond acceptors (Lipinski definition) is 4. The molecule has 4 nitrogen and oxygen atoms in total. The fourth-order valence-electron chi connectivity index (χ4n) is 1.35. The zero-order valence-corrected chi connectivity index (χ0v) is 8.78. The van der Waals surface area contributed by atoms with Gasteiger partial charge in [0.2, 0.25) is 0 Å². The van der Waals surface area contributed by atoms with Crippen molar-refractivity contribution >= 4 is 17.5 Å². The van der Waals surface area contributed by atoms with Crippen molar-refractivity contribution in [3.05, 3.63) is 34.7 Å². The van der Waals surface area contributed by atoms with Crippen LogP contribution in [0.5, 0.6) is 0 Å². The Kier molecular flexibility index (Phi) is 2.47. The summed E-state index contributed by atoms with van der Waals surface area (Å²) in [5.41, 5.74) is 2.27. The van der Waals surface area contributed by atoms with Gasteiger partial charge in [0.25, 0.3) is 0 Å². The first-order valence-electron chi connectivity index (χ1n) is 4.32. The molecule has 76 valence electrons. The Bertz CT molecular complexity index is 508. The minimum Gasteiger partial charge on any atom is -0.477 e. The summed E-state index contributed by atoms with van der Waals surface area (Å²) in [6.07, 6.45) is 0. The van der Waals surface area contributed by atoms with E-state index in [1.807, 2.05) is 31.2 Å². The van der Waals surface area contributed by atoms with Gasteiger partial charge in [-0.2, -0.15) is 0 Å². The fourth-order valence-corrected chi connectivity index (χ4v) is 1.87. The van der Waals surface area contributed by atoms with Crippen molar-refractivity contribution < 1.29 is 9.90 Å². The number of aromatic carboxylic acids is 1. The van der Waals surface area contributed by atoms with Crippen molar-refractivity contribution in [2.24, 2.45) is 0 Å². The van der Waals surface area contributed by atoms with E-state index in [0.717, 1.165) is 22.7 Å². The van der Waals surface area contributed by atoms with Crippen molar-refractivity contribution in [2.45, 2.75) is 6.92 Å². The molecule has 0 aliphatic heterocycles. The summed E-state index contributed by atoms with van der Waals surface area (Å²) in [7, 11) is 0. The van der Waals surface area contributed by atoms with E-state index in [9.17, 15) is 4.79 Å². The zero-order valence-electron chi connectivity index (χ0n) is 7.97. The molecule has 1 aromatic carbocycles. The summed E-state index contributed by atoms with van der Waals surface area (Å²) in [5.74, 6) is -0.983. The molecule has 0 spiro atoms. The first-order chi connectivity index (χ1) is 7.20. The van der Waals surface area contributed by atoms with Crippen LogP contribution in [0.1, 0.15) is 15.2 Å². The van der Waals surface area contributed by atoms with Gasteiger partial charge in [-0.25, -0.2) is 4.79 Å². The van der Waals surface area contributed by atoms with Crippen LogP contribution in [0.15, 0.2) is 24.3 Å². The highest BCUT2D eigenvalue weighted by molar-refractivity contribution is 7.08. The van der Waals surface area contributed by atoms with Gasteiger partial charge in [-0.1, -0.05) is 28.8 Å². The van der Waals surface area contributed by atoms with Gasteiger partial charge in [0.15, 0.2) is 4.88 Å². The molecule has 0 radical (unpaired) electrons. The first kappa shape index (κ1) is 9.79. The Labute approximate surface area is 90.4 Å². The van der Waals surface area contributed by atoms with Crippen LogP contribution in [0.4, 0.5) is 0 Å². The molecule has 5 heteroatoms. The lowest BCUT2D eigenvalue weighted by Crippen LogP contribution is -1.96. The van der Waals surface area contributed by atoms with Gasteiger partial charge in [0.1, 0.15) is 5.69 Å². The monoisotopic (exact) mass is 220 g/mol. The van der Waals surface area contributed by atoms with Crippen molar-refractivity contribution in [1.29, 1.82) is 0 Å². The Morgan fingerprint density at radius 1 is 1.40 bits per heavy atom. The molecule has 0 amide bonds. The van der Waals surface area contributed by atoms with Crippen LogP contribution in [0.25, 0.3) is 11.3 Å². The molecule has 2 aromatic rings. The van der Waals surface area contributed by atoms with Crippen LogP contribution in [-0.4, -0.2) is 20.7 Å². The first-order valence-corrected chi connectivity index (χ1v) is 5.09. The van der Waals surface area contributed by atoms with E-state index in [-0.39, 0.29) is 4.88 Å². The van der Waals surface area contributed by atoms with Gasteiger partial charge in [0, 0.05) is 5.56 Å². The predicted octanol–water partition coefficient (Wildman–Crippen LogP) is 2.21. The third kappa shape index (κ3) is 1.73. The molecule has 0 saturated heterocycles. The second-order valence-electron chi connectivity index (χ2n) is 3.07. The highest BCUT2D eigenvalue weighted by Gasteiger charge is 2.17. The molecule has 0 aliphatic carbocycles. The lowest BCUT2D eigenvalue weighted by molar-refractivity contribution is 0.0702. The number of aryl methyl sites for hydroxylation is 1. The number of nitrogens with zero attached hydrogens (tertiary/aromatic N) is 2. The predicted molar refractivity (Wildman–Crippen MR) is 57.0 cm³/mol. The molecule has 0 fully saturated rings. The number of rotatable bonds is 2. The summed E-state index contributed by atoms with van der Waals surface area (Å²) < 4.78 is 3.67. The molecule has 1 heterocycles. The van der Waals surface area contributed by atoms with Crippen molar-refractivity contribution in [3.8, 4) is 11.3 Å². The average Bonchev–Trinajstić information content (AvgIpc) is 2.67. The minimum atomic E-state index is -0.983. The van der Waals surface area contributed by atoms with Crippen molar-refractivity contribution in [1.82, 2.24) is 9.59 Å². The number of aromatic nitrogens is 2. The molecule has 1 N–H and O–H groups in total. The number of benzene rings is 1. The van der Waals surface area contributed by atoms with Crippen LogP contribution in [0.3, 0.4) is 0 Å². The van der Waals surface area contributed by atoms with Crippen molar-refractivity contribution in [3.63, 3.8) is 0 Å². The maximum atomic E-state index is 10.9.